The number of likely N-dealkylation sites (tertiary alicyclic amines) is 1. The number of hydrogen-bond acceptors (Lipinski definition) is 3. The van der Waals surface area contributed by atoms with Gasteiger partial charge in [0.1, 0.15) is 5.82 Å². The highest BCUT2D eigenvalue weighted by Gasteiger charge is 2.27. The first-order valence-corrected chi connectivity index (χ1v) is 6.96. The zero-order valence-electron chi connectivity index (χ0n) is 10.2. The smallest absolute Gasteiger partial charge is 0.222 e. The van der Waals surface area contributed by atoms with Gasteiger partial charge in [0.25, 0.3) is 0 Å². The molecule has 2 aromatic heterocycles. The van der Waals surface area contributed by atoms with Gasteiger partial charge in [-0.05, 0) is 11.4 Å². The van der Waals surface area contributed by atoms with E-state index in [9.17, 15) is 4.79 Å². The van der Waals surface area contributed by atoms with Crippen LogP contribution in [0, 0.1) is 5.92 Å². The van der Waals surface area contributed by atoms with E-state index in [0.717, 1.165) is 24.5 Å². The molecule has 1 saturated heterocycles. The van der Waals surface area contributed by atoms with Crippen LogP contribution in [0.25, 0.3) is 11.4 Å². The third-order valence-corrected chi connectivity index (χ3v) is 4.05. The second kappa shape index (κ2) is 4.57. The van der Waals surface area contributed by atoms with Crippen LogP contribution in [-0.4, -0.2) is 34.0 Å². The summed E-state index contributed by atoms with van der Waals surface area (Å²) in [5.41, 5.74) is 1.16. The Labute approximate surface area is 110 Å². The Hall–Kier alpha value is -1.62. The fourth-order valence-corrected chi connectivity index (χ4v) is 3.10. The molecule has 0 saturated carbocycles. The Morgan fingerprint density at radius 1 is 1.56 bits per heavy atom. The van der Waals surface area contributed by atoms with E-state index in [0.29, 0.717) is 12.3 Å². The van der Waals surface area contributed by atoms with Crippen LogP contribution in [0.5, 0.6) is 0 Å². The van der Waals surface area contributed by atoms with Crippen molar-refractivity contribution in [3.8, 4) is 11.4 Å². The van der Waals surface area contributed by atoms with E-state index >= 15 is 0 Å². The van der Waals surface area contributed by atoms with Gasteiger partial charge >= 0.3 is 0 Å². The molecular formula is C13H15N3OS. The van der Waals surface area contributed by atoms with E-state index in [4.69, 9.17) is 0 Å². The molecular weight excluding hydrogens is 246 g/mol. The zero-order chi connectivity index (χ0) is 12.5. The molecule has 1 aliphatic heterocycles. The SMILES string of the molecule is CN1CC(Cn2ccnc2-c2ccsc2)CC1=O. The summed E-state index contributed by atoms with van der Waals surface area (Å²) in [6.07, 6.45) is 4.47. The van der Waals surface area contributed by atoms with E-state index in [1.165, 1.54) is 0 Å². The van der Waals surface area contributed by atoms with Crippen LogP contribution in [0.2, 0.25) is 0 Å². The molecule has 0 N–H and O–H groups in total. The minimum Gasteiger partial charge on any atom is -0.345 e. The standard InChI is InChI=1S/C13H15N3OS/c1-15-7-10(6-12(15)17)8-16-4-3-14-13(16)11-2-5-18-9-11/h2-5,9-10H,6-8H2,1H3. The molecule has 1 aliphatic rings. The molecule has 2 aromatic rings. The number of rotatable bonds is 3. The highest BCUT2D eigenvalue weighted by Crippen LogP contribution is 2.24. The summed E-state index contributed by atoms with van der Waals surface area (Å²) in [7, 11) is 1.87. The summed E-state index contributed by atoms with van der Waals surface area (Å²) >= 11 is 1.67. The van der Waals surface area contributed by atoms with Gasteiger partial charge in [-0.2, -0.15) is 11.3 Å². The predicted molar refractivity (Wildman–Crippen MR) is 71.3 cm³/mol. The molecule has 0 aromatic carbocycles. The van der Waals surface area contributed by atoms with E-state index in [1.54, 1.807) is 11.3 Å². The fourth-order valence-electron chi connectivity index (χ4n) is 2.47. The second-order valence-corrected chi connectivity index (χ2v) is 5.54. The molecule has 0 spiro atoms. The largest absolute Gasteiger partial charge is 0.345 e. The average Bonchev–Trinajstić information content (AvgIpc) is 3.01. The second-order valence-electron chi connectivity index (χ2n) is 4.76. The number of carbonyl (C=O) groups is 1. The summed E-state index contributed by atoms with van der Waals surface area (Å²) in [6, 6.07) is 2.08. The Bertz CT molecular complexity index is 546. The summed E-state index contributed by atoms with van der Waals surface area (Å²) in [5.74, 6) is 1.64. The molecule has 3 heterocycles. The number of nitrogens with zero attached hydrogens (tertiary/aromatic N) is 3. The summed E-state index contributed by atoms with van der Waals surface area (Å²) in [4.78, 5) is 17.8. The van der Waals surface area contributed by atoms with Gasteiger partial charge in [-0.15, -0.1) is 0 Å². The molecule has 18 heavy (non-hydrogen) atoms. The maximum Gasteiger partial charge on any atom is 0.222 e. The molecule has 0 bridgehead atoms. The van der Waals surface area contributed by atoms with Crippen LogP contribution < -0.4 is 0 Å². The highest BCUT2D eigenvalue weighted by molar-refractivity contribution is 7.08. The van der Waals surface area contributed by atoms with Gasteiger partial charge in [0.05, 0.1) is 0 Å². The van der Waals surface area contributed by atoms with Crippen molar-refractivity contribution >= 4 is 17.2 Å². The first kappa shape index (κ1) is 11.5. The molecule has 3 rings (SSSR count). The van der Waals surface area contributed by atoms with Gasteiger partial charge < -0.3 is 9.47 Å². The predicted octanol–water partition coefficient (Wildman–Crippen LogP) is 2.09. The number of aromatic nitrogens is 2. The topological polar surface area (TPSA) is 38.1 Å². The van der Waals surface area contributed by atoms with Crippen LogP contribution >= 0.6 is 11.3 Å². The van der Waals surface area contributed by atoms with Crippen LogP contribution in [0.15, 0.2) is 29.2 Å². The van der Waals surface area contributed by atoms with Gasteiger partial charge in [0, 0.05) is 55.8 Å². The Kier molecular flexibility index (Phi) is 2.91. The monoisotopic (exact) mass is 261 g/mol. The lowest BCUT2D eigenvalue weighted by molar-refractivity contribution is -0.126. The maximum atomic E-state index is 11.5. The van der Waals surface area contributed by atoms with Gasteiger partial charge in [-0.3, -0.25) is 4.79 Å². The van der Waals surface area contributed by atoms with Crippen LogP contribution in [0.3, 0.4) is 0 Å². The van der Waals surface area contributed by atoms with E-state index in [-0.39, 0.29) is 5.91 Å². The zero-order valence-corrected chi connectivity index (χ0v) is 11.1. The highest BCUT2D eigenvalue weighted by atomic mass is 32.1. The Balaban J connectivity index is 1.78. The lowest BCUT2D eigenvalue weighted by atomic mass is 10.1. The molecule has 0 aliphatic carbocycles. The molecule has 5 heteroatoms. The van der Waals surface area contributed by atoms with Crippen molar-refractivity contribution < 1.29 is 4.79 Å². The van der Waals surface area contributed by atoms with Crippen LogP contribution in [-0.2, 0) is 11.3 Å². The first-order valence-electron chi connectivity index (χ1n) is 6.01. The summed E-state index contributed by atoms with van der Waals surface area (Å²) < 4.78 is 2.15. The maximum absolute atomic E-state index is 11.5. The molecule has 94 valence electrons. The van der Waals surface area contributed by atoms with E-state index in [2.05, 4.69) is 26.4 Å². The number of hydrogen-bond donors (Lipinski definition) is 0. The van der Waals surface area contributed by atoms with Crippen molar-refractivity contribution in [2.45, 2.75) is 13.0 Å². The molecule has 1 amide bonds. The lowest BCUT2D eigenvalue weighted by Gasteiger charge is -2.12. The van der Waals surface area contributed by atoms with E-state index in [1.807, 2.05) is 24.3 Å². The average molecular weight is 261 g/mol. The molecule has 1 fully saturated rings. The molecule has 1 atom stereocenters. The third-order valence-electron chi connectivity index (χ3n) is 3.37. The minimum atomic E-state index is 0.247. The van der Waals surface area contributed by atoms with Gasteiger partial charge in [0.15, 0.2) is 0 Å². The quantitative estimate of drug-likeness (QED) is 0.848. The van der Waals surface area contributed by atoms with E-state index < -0.39 is 0 Å². The van der Waals surface area contributed by atoms with Crippen LogP contribution in [0.1, 0.15) is 6.42 Å². The van der Waals surface area contributed by atoms with Crippen molar-refractivity contribution in [1.29, 1.82) is 0 Å². The summed E-state index contributed by atoms with van der Waals surface area (Å²) in [6.45, 7) is 1.71. The van der Waals surface area contributed by atoms with Gasteiger partial charge in [0.2, 0.25) is 5.91 Å². The molecule has 4 nitrogen and oxygen atoms in total. The van der Waals surface area contributed by atoms with Gasteiger partial charge in [-0.1, -0.05) is 0 Å². The number of thiophene rings is 1. The Morgan fingerprint density at radius 2 is 2.44 bits per heavy atom. The number of carbonyl (C=O) groups excluding carboxylic acids is 1. The van der Waals surface area contributed by atoms with Crippen molar-refractivity contribution in [2.75, 3.05) is 13.6 Å². The van der Waals surface area contributed by atoms with Crippen LogP contribution in [0.4, 0.5) is 0 Å². The first-order chi connectivity index (χ1) is 8.74. The third kappa shape index (κ3) is 2.06. The lowest BCUT2D eigenvalue weighted by Crippen LogP contribution is -2.20. The summed E-state index contributed by atoms with van der Waals surface area (Å²) in [5, 5.41) is 4.16. The number of amides is 1. The molecule has 1 unspecified atom stereocenters. The van der Waals surface area contributed by atoms with Crippen molar-refractivity contribution in [3.05, 3.63) is 29.2 Å². The molecule has 0 radical (unpaired) electrons. The minimum absolute atomic E-state index is 0.247. The van der Waals surface area contributed by atoms with Crippen molar-refractivity contribution in [2.24, 2.45) is 5.92 Å². The number of imidazole rings is 1. The Morgan fingerprint density at radius 3 is 3.11 bits per heavy atom. The van der Waals surface area contributed by atoms with Crippen molar-refractivity contribution in [1.82, 2.24) is 14.5 Å². The normalized spacial score (nSPS) is 19.7. The fraction of sp³-hybridized carbons (Fsp3) is 0.385. The van der Waals surface area contributed by atoms with Crippen molar-refractivity contribution in [3.63, 3.8) is 0 Å². The van der Waals surface area contributed by atoms with Gasteiger partial charge in [-0.25, -0.2) is 4.98 Å².